The highest BCUT2D eigenvalue weighted by Crippen LogP contribution is 2.50. The zero-order chi connectivity index (χ0) is 37.4. The Balaban J connectivity index is 1.30. The molecule has 1 aliphatic carbocycles. The van der Waals surface area contributed by atoms with Gasteiger partial charge < -0.3 is 0 Å². The van der Waals surface area contributed by atoms with Crippen LogP contribution in [0.4, 0.5) is 0 Å². The maximum absolute atomic E-state index is 4.41. The maximum atomic E-state index is 4.41. The molecule has 7 aromatic rings. The molecule has 262 valence electrons. The van der Waals surface area contributed by atoms with E-state index in [9.17, 15) is 0 Å². The predicted molar refractivity (Wildman–Crippen MR) is 236 cm³/mol. The zero-order valence-electron chi connectivity index (χ0n) is 31.7. The van der Waals surface area contributed by atoms with Gasteiger partial charge in [0.2, 0.25) is 0 Å². The van der Waals surface area contributed by atoms with Gasteiger partial charge in [0.1, 0.15) is 0 Å². The van der Waals surface area contributed by atoms with Gasteiger partial charge in [0, 0.05) is 5.41 Å². The normalized spacial score (nSPS) is 14.2. The van der Waals surface area contributed by atoms with Crippen molar-refractivity contribution in [2.45, 2.75) is 39.5 Å². The fourth-order valence-corrected chi connectivity index (χ4v) is 8.57. The summed E-state index contributed by atoms with van der Waals surface area (Å²) in [5.74, 6) is 0. The number of fused-ring (bicyclic) bond motifs is 9. The van der Waals surface area contributed by atoms with Crippen LogP contribution in [0, 0.1) is 0 Å². The highest BCUT2D eigenvalue weighted by molar-refractivity contribution is 6.28. The molecule has 0 N–H and O–H groups in total. The summed E-state index contributed by atoms with van der Waals surface area (Å²) in [6.07, 6.45) is 13.1. The van der Waals surface area contributed by atoms with E-state index in [1.165, 1.54) is 76.8 Å². The van der Waals surface area contributed by atoms with Crippen LogP contribution < -0.4 is 0 Å². The first-order valence-electron chi connectivity index (χ1n) is 18.9. The summed E-state index contributed by atoms with van der Waals surface area (Å²) in [6, 6.07) is 47.6. The van der Waals surface area contributed by atoms with Gasteiger partial charge in [-0.3, -0.25) is 4.99 Å². The fourth-order valence-electron chi connectivity index (χ4n) is 8.57. The smallest absolute Gasteiger partial charge is 0.0700 e. The molecule has 0 radical (unpaired) electrons. The first-order chi connectivity index (χ1) is 26.4. The molecule has 0 atom stereocenters. The average molecular weight is 696 g/mol. The van der Waals surface area contributed by atoms with E-state index in [1.807, 2.05) is 25.2 Å². The summed E-state index contributed by atoms with van der Waals surface area (Å²) in [4.78, 5) is 4.41. The molecule has 0 unspecified atom stereocenters. The Morgan fingerprint density at radius 1 is 0.648 bits per heavy atom. The Bertz CT molecular complexity index is 2760. The topological polar surface area (TPSA) is 12.4 Å². The maximum Gasteiger partial charge on any atom is 0.0700 e. The molecule has 54 heavy (non-hydrogen) atoms. The number of aliphatic imine (C=N–C) groups is 1. The van der Waals surface area contributed by atoms with Crippen LogP contribution in [0.1, 0.15) is 50.8 Å². The Labute approximate surface area is 319 Å². The van der Waals surface area contributed by atoms with Gasteiger partial charge in [-0.15, -0.1) is 0 Å². The Kier molecular flexibility index (Phi) is 9.18. The summed E-state index contributed by atoms with van der Waals surface area (Å²) < 4.78 is 0. The van der Waals surface area contributed by atoms with E-state index in [0.717, 1.165) is 28.8 Å². The lowest BCUT2D eigenvalue weighted by Crippen LogP contribution is -2.14. The van der Waals surface area contributed by atoms with E-state index >= 15 is 0 Å². The van der Waals surface area contributed by atoms with E-state index in [4.69, 9.17) is 0 Å². The summed E-state index contributed by atoms with van der Waals surface area (Å²) in [5.41, 5.74) is 14.4. The quantitative estimate of drug-likeness (QED) is 0.0810. The zero-order valence-corrected chi connectivity index (χ0v) is 31.7. The number of hydrogen-bond donors (Lipinski definition) is 0. The predicted octanol–water partition coefficient (Wildman–Crippen LogP) is 14.9. The van der Waals surface area contributed by atoms with Gasteiger partial charge >= 0.3 is 0 Å². The molecule has 0 saturated carbocycles. The molecule has 0 heterocycles. The van der Waals surface area contributed by atoms with E-state index < -0.39 is 0 Å². The van der Waals surface area contributed by atoms with E-state index in [2.05, 4.69) is 179 Å². The SMILES string of the molecule is C=C/C=C(\C=C/C)C(=C/C(=C/CC)c1cccc(-c2ccc3c(c2)c2ccccc2c2cccc(-c4ccc5c(c4)-c4ccccc4C5(C)C)c23)c1)/N=C. The molecule has 0 aliphatic heterocycles. The molecule has 0 fully saturated rings. The average Bonchev–Trinajstić information content (AvgIpc) is 3.44. The van der Waals surface area contributed by atoms with Crippen LogP contribution in [-0.4, -0.2) is 6.72 Å². The van der Waals surface area contributed by atoms with Gasteiger partial charge in [-0.25, -0.2) is 0 Å². The number of hydrogen-bond acceptors (Lipinski definition) is 1. The molecule has 1 heteroatoms. The van der Waals surface area contributed by atoms with Crippen LogP contribution in [0.5, 0.6) is 0 Å². The van der Waals surface area contributed by atoms with Crippen molar-refractivity contribution in [3.05, 3.63) is 198 Å². The lowest BCUT2D eigenvalue weighted by Gasteiger charge is -2.21. The van der Waals surface area contributed by atoms with Crippen molar-refractivity contribution in [3.8, 4) is 33.4 Å². The Morgan fingerprint density at radius 2 is 1.31 bits per heavy atom. The molecule has 1 aliphatic rings. The molecule has 0 spiro atoms. The molecule has 0 aromatic heterocycles. The lowest BCUT2D eigenvalue weighted by molar-refractivity contribution is 0.660. The molecule has 7 aromatic carbocycles. The highest BCUT2D eigenvalue weighted by Gasteiger charge is 2.35. The molecule has 0 saturated heterocycles. The number of nitrogens with zero attached hydrogens (tertiary/aromatic N) is 1. The first kappa shape index (κ1) is 34.8. The Morgan fingerprint density at radius 3 is 2.09 bits per heavy atom. The van der Waals surface area contributed by atoms with Crippen molar-refractivity contribution in [2.75, 3.05) is 0 Å². The van der Waals surface area contributed by atoms with Crippen molar-refractivity contribution in [1.82, 2.24) is 0 Å². The minimum atomic E-state index is -0.0219. The second kappa shape index (κ2) is 14.3. The van der Waals surface area contributed by atoms with Crippen molar-refractivity contribution < 1.29 is 0 Å². The second-order valence-corrected chi connectivity index (χ2v) is 14.7. The number of benzene rings is 7. The Hall–Kier alpha value is -6.31. The molecule has 0 bridgehead atoms. The summed E-state index contributed by atoms with van der Waals surface area (Å²) in [5, 5.41) is 7.64. The van der Waals surface area contributed by atoms with Crippen LogP contribution in [0.15, 0.2) is 187 Å². The van der Waals surface area contributed by atoms with Crippen molar-refractivity contribution in [2.24, 2.45) is 4.99 Å². The van der Waals surface area contributed by atoms with Crippen LogP contribution in [0.3, 0.4) is 0 Å². The third kappa shape index (κ3) is 5.87. The van der Waals surface area contributed by atoms with E-state index in [1.54, 1.807) is 6.08 Å². The molecule has 0 amide bonds. The van der Waals surface area contributed by atoms with Crippen LogP contribution in [-0.2, 0) is 5.41 Å². The third-order valence-corrected chi connectivity index (χ3v) is 11.1. The number of allylic oxidation sites excluding steroid dienone is 7. The summed E-state index contributed by atoms with van der Waals surface area (Å²) in [6.45, 7) is 16.7. The van der Waals surface area contributed by atoms with Gasteiger partial charge in [0.05, 0.1) is 5.70 Å². The van der Waals surface area contributed by atoms with Crippen LogP contribution in [0.2, 0.25) is 0 Å². The minimum Gasteiger partial charge on any atom is -0.264 e. The van der Waals surface area contributed by atoms with Crippen LogP contribution in [0.25, 0.3) is 71.3 Å². The fraction of sp³-hybridized carbons (Fsp3) is 0.113. The molecular formula is C53H45N. The summed E-state index contributed by atoms with van der Waals surface area (Å²) >= 11 is 0. The van der Waals surface area contributed by atoms with Crippen molar-refractivity contribution in [3.63, 3.8) is 0 Å². The highest BCUT2D eigenvalue weighted by atomic mass is 14.7. The summed E-state index contributed by atoms with van der Waals surface area (Å²) in [7, 11) is 0. The largest absolute Gasteiger partial charge is 0.264 e. The van der Waals surface area contributed by atoms with Crippen LogP contribution >= 0.6 is 0 Å². The van der Waals surface area contributed by atoms with Gasteiger partial charge in [-0.2, -0.15) is 0 Å². The minimum absolute atomic E-state index is 0.0219. The van der Waals surface area contributed by atoms with E-state index in [-0.39, 0.29) is 5.41 Å². The second-order valence-electron chi connectivity index (χ2n) is 14.7. The van der Waals surface area contributed by atoms with Gasteiger partial charge in [-0.05, 0) is 138 Å². The van der Waals surface area contributed by atoms with Crippen molar-refractivity contribution >= 4 is 44.6 Å². The molecule has 1 nitrogen and oxygen atoms in total. The van der Waals surface area contributed by atoms with Gasteiger partial charge in [0.25, 0.3) is 0 Å². The third-order valence-electron chi connectivity index (χ3n) is 11.1. The van der Waals surface area contributed by atoms with Gasteiger partial charge in [-0.1, -0.05) is 167 Å². The monoisotopic (exact) mass is 695 g/mol. The first-order valence-corrected chi connectivity index (χ1v) is 18.9. The van der Waals surface area contributed by atoms with E-state index in [0.29, 0.717) is 0 Å². The number of rotatable bonds is 9. The molecular weight excluding hydrogens is 651 g/mol. The molecule has 8 rings (SSSR count). The van der Waals surface area contributed by atoms with Gasteiger partial charge in [0.15, 0.2) is 0 Å². The standard InChI is InChI=1S/C53H45N/c1-7-16-35(17-8-2)51(54-6)34-36(18-9-3)37-19-14-20-38(31-37)39-27-29-46-47(32-39)43-22-11-10-21-42(43)45-25-15-24-41(52(45)46)40-28-30-50-48(33-40)44-23-12-13-26-49(44)53(50,4)5/h7-8,10-34H,1,6,9H2,2-5H3/b17-8-,35-16+,36-18-,51-34-. The van der Waals surface area contributed by atoms with Crippen molar-refractivity contribution in [1.29, 1.82) is 0 Å². The lowest BCUT2D eigenvalue weighted by atomic mass is 9.82.